The van der Waals surface area contributed by atoms with Crippen molar-refractivity contribution in [2.24, 2.45) is 0 Å². The van der Waals surface area contributed by atoms with Crippen LogP contribution in [-0.4, -0.2) is 25.3 Å². The van der Waals surface area contributed by atoms with Gasteiger partial charge in [-0.1, -0.05) is 96.8 Å². The van der Waals surface area contributed by atoms with E-state index in [1.165, 1.54) is 96.3 Å². The zero-order chi connectivity index (χ0) is 16.5. The van der Waals surface area contributed by atoms with Crippen LogP contribution in [0.15, 0.2) is 0 Å². The Morgan fingerprint density at radius 3 is 1.04 bits per heavy atom. The Labute approximate surface area is 153 Å². The molecule has 3 heteroatoms. The van der Waals surface area contributed by atoms with E-state index in [4.69, 9.17) is 0 Å². The fraction of sp³-hybridized carbons (Fsp3) is 1.00. The van der Waals surface area contributed by atoms with Gasteiger partial charge in [0.25, 0.3) is 0 Å². The molecule has 23 heavy (non-hydrogen) atoms. The summed E-state index contributed by atoms with van der Waals surface area (Å²) in [6.07, 6.45) is 22.2. The fourth-order valence-corrected chi connectivity index (χ4v) is 3.04. The van der Waals surface area contributed by atoms with Crippen molar-refractivity contribution in [3.8, 4) is 0 Å². The highest BCUT2D eigenvalue weighted by Gasteiger charge is 2.00. The topological polar surface area (TPSA) is 23.1 Å². The lowest BCUT2D eigenvalue weighted by Gasteiger charge is -2.33. The van der Waals surface area contributed by atoms with Crippen LogP contribution in [0, 0.1) is 5.21 Å². The van der Waals surface area contributed by atoms with Crippen LogP contribution < -0.4 is 0 Å². The molecule has 0 heterocycles. The highest BCUT2D eigenvalue weighted by Crippen LogP contribution is 2.13. The van der Waals surface area contributed by atoms with Crippen molar-refractivity contribution in [3.63, 3.8) is 0 Å². The molecule has 0 aliphatic heterocycles. The van der Waals surface area contributed by atoms with Crippen molar-refractivity contribution in [1.29, 1.82) is 0 Å². The smallest absolute Gasteiger partial charge is 0.0779 e. The van der Waals surface area contributed by atoms with E-state index in [2.05, 4.69) is 6.92 Å². The van der Waals surface area contributed by atoms with Crippen LogP contribution in [0.3, 0.4) is 0 Å². The van der Waals surface area contributed by atoms with E-state index in [-0.39, 0.29) is 17.1 Å². The van der Waals surface area contributed by atoms with Crippen molar-refractivity contribution in [2.75, 3.05) is 20.6 Å². The molecule has 2 nitrogen and oxygen atoms in total. The maximum Gasteiger partial charge on any atom is 0.0779 e. The van der Waals surface area contributed by atoms with Gasteiger partial charge in [-0.05, 0) is 12.8 Å². The second-order valence-corrected chi connectivity index (χ2v) is 7.60. The third-order valence-corrected chi connectivity index (χ3v) is 4.55. The van der Waals surface area contributed by atoms with Crippen LogP contribution >= 0.6 is 12.4 Å². The normalized spacial score (nSPS) is 11.5. The molecule has 0 atom stereocenters. The number of nitrogens with zero attached hydrogens (tertiary/aromatic N) is 1. The molecule has 0 bridgehead atoms. The standard InChI is InChI=1S/C20H43NO.ClH/c1-4-5-6-7-8-9-10-11-12-13-14-15-16-17-18-19-20-21(2,3)22;/h4-20H2,1-3H3;1H. The van der Waals surface area contributed by atoms with E-state index < -0.39 is 0 Å². The molecule has 0 aliphatic rings. The maximum absolute atomic E-state index is 11.4. The van der Waals surface area contributed by atoms with Gasteiger partial charge in [-0.2, -0.15) is 0 Å². The average molecular weight is 350 g/mol. The second kappa shape index (κ2) is 18.5. The minimum Gasteiger partial charge on any atom is -0.633 e. The van der Waals surface area contributed by atoms with Gasteiger partial charge < -0.3 is 9.85 Å². The molecule has 0 unspecified atom stereocenters. The predicted molar refractivity (Wildman–Crippen MR) is 107 cm³/mol. The molecule has 0 rings (SSSR count). The summed E-state index contributed by atoms with van der Waals surface area (Å²) >= 11 is 0. The van der Waals surface area contributed by atoms with Crippen LogP contribution in [0.25, 0.3) is 0 Å². The first-order valence-electron chi connectivity index (χ1n) is 10.1. The van der Waals surface area contributed by atoms with Crippen molar-refractivity contribution < 1.29 is 4.65 Å². The number of unbranched alkanes of at least 4 members (excludes halogenated alkanes) is 15. The van der Waals surface area contributed by atoms with Gasteiger partial charge in [-0.15, -0.1) is 12.4 Å². The van der Waals surface area contributed by atoms with E-state index in [0.717, 1.165) is 13.0 Å². The monoisotopic (exact) mass is 349 g/mol. The number of rotatable bonds is 17. The minimum atomic E-state index is -0.126. The summed E-state index contributed by atoms with van der Waals surface area (Å²) in [5, 5.41) is 11.4. The Bertz CT molecular complexity index is 216. The molecular formula is C20H44ClNO. The summed E-state index contributed by atoms with van der Waals surface area (Å²) in [7, 11) is 3.48. The molecule has 0 saturated heterocycles. The molecule has 0 amide bonds. The third-order valence-electron chi connectivity index (χ3n) is 4.55. The van der Waals surface area contributed by atoms with Gasteiger partial charge in [0.05, 0.1) is 20.6 Å². The van der Waals surface area contributed by atoms with Crippen LogP contribution in [-0.2, 0) is 0 Å². The first-order valence-corrected chi connectivity index (χ1v) is 10.1. The Balaban J connectivity index is 0. The summed E-state index contributed by atoms with van der Waals surface area (Å²) in [4.78, 5) is 0. The first-order chi connectivity index (χ1) is 10.6. The zero-order valence-electron chi connectivity index (χ0n) is 16.3. The van der Waals surface area contributed by atoms with Gasteiger partial charge >= 0.3 is 0 Å². The van der Waals surface area contributed by atoms with E-state index in [1.807, 2.05) is 0 Å². The van der Waals surface area contributed by atoms with Gasteiger partial charge in [-0.3, -0.25) is 0 Å². The molecule has 0 aromatic rings. The number of quaternary nitrogens is 1. The van der Waals surface area contributed by atoms with Crippen molar-refractivity contribution >= 4 is 12.4 Å². The lowest BCUT2D eigenvalue weighted by Crippen LogP contribution is -2.32. The van der Waals surface area contributed by atoms with Gasteiger partial charge in [-0.25, -0.2) is 0 Å². The molecule has 0 aromatic heterocycles. The van der Waals surface area contributed by atoms with Gasteiger partial charge in [0.1, 0.15) is 0 Å². The molecule has 0 aliphatic carbocycles. The zero-order valence-corrected chi connectivity index (χ0v) is 17.1. The average Bonchev–Trinajstić information content (AvgIpc) is 2.45. The molecule has 142 valence electrons. The van der Waals surface area contributed by atoms with Gasteiger partial charge in [0.15, 0.2) is 0 Å². The SMILES string of the molecule is CCCCCCCCCCCCCCCCCC[N+](C)(C)[O-].Cl. The molecule has 0 radical (unpaired) electrons. The quantitative estimate of drug-likeness (QED) is 0.154. The van der Waals surface area contributed by atoms with Crippen molar-refractivity contribution in [2.45, 2.75) is 110 Å². The maximum atomic E-state index is 11.4. The molecule has 0 spiro atoms. The highest BCUT2D eigenvalue weighted by molar-refractivity contribution is 5.85. The minimum absolute atomic E-state index is 0. The number of hydrogen-bond acceptors (Lipinski definition) is 1. The Morgan fingerprint density at radius 1 is 0.522 bits per heavy atom. The van der Waals surface area contributed by atoms with Crippen LogP contribution in [0.4, 0.5) is 0 Å². The van der Waals surface area contributed by atoms with Crippen LogP contribution in [0.1, 0.15) is 110 Å². The second-order valence-electron chi connectivity index (χ2n) is 7.60. The third kappa shape index (κ3) is 24.6. The highest BCUT2D eigenvalue weighted by atomic mass is 35.5. The predicted octanol–water partition coefficient (Wildman–Crippen LogP) is 7.24. The Kier molecular flexibility index (Phi) is 20.5. The summed E-state index contributed by atoms with van der Waals surface area (Å²) in [5.41, 5.74) is 0. The van der Waals surface area contributed by atoms with E-state index >= 15 is 0 Å². The molecule has 0 saturated carbocycles. The van der Waals surface area contributed by atoms with Crippen molar-refractivity contribution in [1.82, 2.24) is 0 Å². The summed E-state index contributed by atoms with van der Waals surface area (Å²) < 4.78 is -0.126. The Morgan fingerprint density at radius 2 is 0.783 bits per heavy atom. The van der Waals surface area contributed by atoms with E-state index in [9.17, 15) is 5.21 Å². The first kappa shape index (κ1) is 25.5. The molecular weight excluding hydrogens is 306 g/mol. The summed E-state index contributed by atoms with van der Waals surface area (Å²) in [6.45, 7) is 3.06. The van der Waals surface area contributed by atoms with Crippen LogP contribution in [0.5, 0.6) is 0 Å². The number of hydrogen-bond donors (Lipinski definition) is 0. The van der Waals surface area contributed by atoms with Gasteiger partial charge in [0, 0.05) is 0 Å². The lowest BCUT2D eigenvalue weighted by molar-refractivity contribution is -0.840. The van der Waals surface area contributed by atoms with Crippen molar-refractivity contribution in [3.05, 3.63) is 5.21 Å². The van der Waals surface area contributed by atoms with Gasteiger partial charge in [0.2, 0.25) is 0 Å². The fourth-order valence-electron chi connectivity index (χ4n) is 3.04. The van der Waals surface area contributed by atoms with E-state index in [1.54, 1.807) is 14.1 Å². The number of halogens is 1. The largest absolute Gasteiger partial charge is 0.633 e. The summed E-state index contributed by atoms with van der Waals surface area (Å²) in [5.74, 6) is 0. The lowest BCUT2D eigenvalue weighted by atomic mass is 10.0. The molecule has 0 N–H and O–H groups in total. The number of hydroxylamine groups is 3. The summed E-state index contributed by atoms with van der Waals surface area (Å²) in [6, 6.07) is 0. The molecule has 0 aromatic carbocycles. The Hall–Kier alpha value is 0.210. The molecule has 0 fully saturated rings. The van der Waals surface area contributed by atoms with E-state index in [0.29, 0.717) is 0 Å². The van der Waals surface area contributed by atoms with Crippen LogP contribution in [0.2, 0.25) is 0 Å².